The van der Waals surface area contributed by atoms with Crippen LogP contribution < -0.4 is 5.32 Å². The van der Waals surface area contributed by atoms with Crippen molar-refractivity contribution in [1.82, 2.24) is 9.97 Å². The molecule has 0 aromatic carbocycles. The highest BCUT2D eigenvalue weighted by Crippen LogP contribution is 2.20. The molecule has 0 saturated heterocycles. The Kier molecular flexibility index (Phi) is 3.54. The molecular formula is C12H11ClFN3. The molecule has 3 nitrogen and oxygen atoms in total. The first-order valence-electron chi connectivity index (χ1n) is 5.13. The molecule has 1 N–H and O–H groups in total. The molecule has 0 fully saturated rings. The van der Waals surface area contributed by atoms with Crippen LogP contribution in [0.5, 0.6) is 0 Å². The summed E-state index contributed by atoms with van der Waals surface area (Å²) < 4.78 is 13.0. The second-order valence-corrected chi connectivity index (χ2v) is 4.06. The lowest BCUT2D eigenvalue weighted by molar-refractivity contribution is 0.616. The predicted octanol–water partition coefficient (Wildman–Crippen LogP) is 3.44. The minimum absolute atomic E-state index is 0.0586. The lowest BCUT2D eigenvalue weighted by Gasteiger charge is -2.15. The van der Waals surface area contributed by atoms with Crippen molar-refractivity contribution in [2.24, 2.45) is 0 Å². The van der Waals surface area contributed by atoms with Gasteiger partial charge in [-0.2, -0.15) is 0 Å². The van der Waals surface area contributed by atoms with Gasteiger partial charge in [-0.1, -0.05) is 11.6 Å². The van der Waals surface area contributed by atoms with Gasteiger partial charge in [0.2, 0.25) is 0 Å². The standard InChI is InChI=1S/C12H11ClFN3/c1-8(9-4-10(14)7-15-6-9)17-11-2-3-16-12(13)5-11/h2-8H,1H3,(H,16,17). The van der Waals surface area contributed by atoms with Gasteiger partial charge >= 0.3 is 0 Å². The Morgan fingerprint density at radius 2 is 2.18 bits per heavy atom. The van der Waals surface area contributed by atoms with Crippen LogP contribution >= 0.6 is 11.6 Å². The quantitative estimate of drug-likeness (QED) is 0.849. The van der Waals surface area contributed by atoms with E-state index in [1.165, 1.54) is 12.3 Å². The van der Waals surface area contributed by atoms with Crippen LogP contribution in [0.4, 0.5) is 10.1 Å². The van der Waals surface area contributed by atoms with E-state index in [9.17, 15) is 4.39 Å². The fourth-order valence-corrected chi connectivity index (χ4v) is 1.66. The van der Waals surface area contributed by atoms with Gasteiger partial charge in [-0.15, -0.1) is 0 Å². The fraction of sp³-hybridized carbons (Fsp3) is 0.167. The number of anilines is 1. The van der Waals surface area contributed by atoms with Crippen molar-refractivity contribution in [2.45, 2.75) is 13.0 Å². The van der Waals surface area contributed by atoms with Crippen molar-refractivity contribution in [3.63, 3.8) is 0 Å². The highest BCUT2D eigenvalue weighted by atomic mass is 35.5. The third-order valence-electron chi connectivity index (χ3n) is 2.34. The third kappa shape index (κ3) is 3.14. The third-order valence-corrected chi connectivity index (χ3v) is 2.54. The van der Waals surface area contributed by atoms with E-state index >= 15 is 0 Å². The lowest BCUT2D eigenvalue weighted by Crippen LogP contribution is -2.07. The Hall–Kier alpha value is -1.68. The Balaban J connectivity index is 2.14. The molecule has 0 saturated carbocycles. The van der Waals surface area contributed by atoms with Crippen molar-refractivity contribution >= 4 is 17.3 Å². The highest BCUT2D eigenvalue weighted by Gasteiger charge is 2.07. The Morgan fingerprint density at radius 3 is 2.88 bits per heavy atom. The van der Waals surface area contributed by atoms with E-state index in [-0.39, 0.29) is 11.9 Å². The number of nitrogens with zero attached hydrogens (tertiary/aromatic N) is 2. The highest BCUT2D eigenvalue weighted by molar-refractivity contribution is 6.29. The van der Waals surface area contributed by atoms with E-state index in [1.54, 1.807) is 24.5 Å². The summed E-state index contributed by atoms with van der Waals surface area (Å²) in [7, 11) is 0. The van der Waals surface area contributed by atoms with Crippen molar-refractivity contribution in [1.29, 1.82) is 0 Å². The monoisotopic (exact) mass is 251 g/mol. The molecule has 2 aromatic heterocycles. The summed E-state index contributed by atoms with van der Waals surface area (Å²) in [5, 5.41) is 3.61. The molecule has 2 rings (SSSR count). The van der Waals surface area contributed by atoms with Crippen LogP contribution in [0.3, 0.4) is 0 Å². The summed E-state index contributed by atoms with van der Waals surface area (Å²) >= 11 is 5.78. The molecule has 0 aliphatic rings. The summed E-state index contributed by atoms with van der Waals surface area (Å²) in [5.74, 6) is -0.344. The van der Waals surface area contributed by atoms with Crippen LogP contribution in [0.25, 0.3) is 0 Å². The average Bonchev–Trinajstić information content (AvgIpc) is 2.29. The van der Waals surface area contributed by atoms with E-state index < -0.39 is 0 Å². The molecule has 0 aliphatic heterocycles. The van der Waals surface area contributed by atoms with Gasteiger partial charge in [0.05, 0.1) is 12.2 Å². The first kappa shape index (κ1) is 11.8. The van der Waals surface area contributed by atoms with E-state index in [0.29, 0.717) is 5.15 Å². The van der Waals surface area contributed by atoms with E-state index in [1.807, 2.05) is 6.92 Å². The van der Waals surface area contributed by atoms with Gasteiger partial charge in [-0.25, -0.2) is 9.37 Å². The number of hydrogen-bond donors (Lipinski definition) is 1. The maximum absolute atomic E-state index is 13.0. The molecular weight excluding hydrogens is 241 g/mol. The molecule has 5 heteroatoms. The molecule has 0 aliphatic carbocycles. The number of aromatic nitrogens is 2. The maximum atomic E-state index is 13.0. The summed E-state index contributed by atoms with van der Waals surface area (Å²) in [6.07, 6.45) is 4.42. The van der Waals surface area contributed by atoms with E-state index in [4.69, 9.17) is 11.6 Å². The lowest BCUT2D eigenvalue weighted by atomic mass is 10.1. The topological polar surface area (TPSA) is 37.8 Å². The number of pyridine rings is 2. The van der Waals surface area contributed by atoms with Crippen LogP contribution in [0.15, 0.2) is 36.8 Å². The maximum Gasteiger partial charge on any atom is 0.141 e. The fourth-order valence-electron chi connectivity index (χ4n) is 1.49. The number of rotatable bonds is 3. The molecule has 17 heavy (non-hydrogen) atoms. The van der Waals surface area contributed by atoms with Crippen LogP contribution in [0.2, 0.25) is 5.15 Å². The molecule has 88 valence electrons. The van der Waals surface area contributed by atoms with Crippen LogP contribution in [0.1, 0.15) is 18.5 Å². The zero-order valence-corrected chi connectivity index (χ0v) is 9.95. The zero-order chi connectivity index (χ0) is 12.3. The molecule has 0 amide bonds. The second-order valence-electron chi connectivity index (χ2n) is 3.67. The smallest absolute Gasteiger partial charge is 0.141 e. The molecule has 2 heterocycles. The Bertz CT molecular complexity index is 519. The summed E-state index contributed by atoms with van der Waals surface area (Å²) in [6.45, 7) is 1.92. The van der Waals surface area contributed by atoms with Gasteiger partial charge in [-0.05, 0) is 30.7 Å². The van der Waals surface area contributed by atoms with Crippen LogP contribution in [-0.2, 0) is 0 Å². The van der Waals surface area contributed by atoms with Gasteiger partial charge in [-0.3, -0.25) is 4.98 Å². The molecule has 0 bridgehead atoms. The summed E-state index contributed by atoms with van der Waals surface area (Å²) in [5.41, 5.74) is 1.61. The largest absolute Gasteiger partial charge is 0.378 e. The van der Waals surface area contributed by atoms with Gasteiger partial charge in [0.1, 0.15) is 11.0 Å². The second kappa shape index (κ2) is 5.10. The van der Waals surface area contributed by atoms with Crippen LogP contribution in [-0.4, -0.2) is 9.97 Å². The SMILES string of the molecule is CC(Nc1ccnc(Cl)c1)c1cncc(F)c1. The predicted molar refractivity (Wildman–Crippen MR) is 65.5 cm³/mol. The van der Waals surface area contributed by atoms with Gasteiger partial charge in [0, 0.05) is 18.1 Å². The zero-order valence-electron chi connectivity index (χ0n) is 9.19. The Morgan fingerprint density at radius 1 is 1.35 bits per heavy atom. The molecule has 1 atom stereocenters. The average molecular weight is 252 g/mol. The van der Waals surface area contributed by atoms with Gasteiger partial charge in [0.25, 0.3) is 0 Å². The minimum atomic E-state index is -0.344. The van der Waals surface area contributed by atoms with Crippen LogP contribution in [0, 0.1) is 5.82 Å². The first-order chi connectivity index (χ1) is 8.15. The molecule has 0 spiro atoms. The van der Waals surface area contributed by atoms with E-state index in [0.717, 1.165) is 11.3 Å². The van der Waals surface area contributed by atoms with Gasteiger partial charge < -0.3 is 5.32 Å². The van der Waals surface area contributed by atoms with E-state index in [2.05, 4.69) is 15.3 Å². The molecule has 2 aromatic rings. The number of hydrogen-bond acceptors (Lipinski definition) is 3. The number of halogens is 2. The van der Waals surface area contributed by atoms with Crippen molar-refractivity contribution in [3.05, 3.63) is 53.3 Å². The van der Waals surface area contributed by atoms with Gasteiger partial charge in [0.15, 0.2) is 0 Å². The summed E-state index contributed by atoms with van der Waals surface area (Å²) in [4.78, 5) is 7.70. The molecule has 0 radical (unpaired) electrons. The molecule has 1 unspecified atom stereocenters. The van der Waals surface area contributed by atoms with Crippen molar-refractivity contribution in [2.75, 3.05) is 5.32 Å². The minimum Gasteiger partial charge on any atom is -0.378 e. The van der Waals surface area contributed by atoms with Crippen molar-refractivity contribution < 1.29 is 4.39 Å². The Labute approximate surface area is 104 Å². The van der Waals surface area contributed by atoms with Crippen molar-refractivity contribution in [3.8, 4) is 0 Å². The first-order valence-corrected chi connectivity index (χ1v) is 5.51. The summed E-state index contributed by atoms with van der Waals surface area (Å²) in [6, 6.07) is 4.91. The normalized spacial score (nSPS) is 12.2. The number of nitrogens with one attached hydrogen (secondary N) is 1.